The molecule has 0 radical (unpaired) electrons. The van der Waals surface area contributed by atoms with E-state index in [4.69, 9.17) is 0 Å². The second kappa shape index (κ2) is 4.09. The van der Waals surface area contributed by atoms with Crippen molar-refractivity contribution in [2.75, 3.05) is 0 Å². The first kappa shape index (κ1) is 9.80. The normalized spacial score (nSPS) is 15.9. The van der Waals surface area contributed by atoms with Crippen LogP contribution in [0.5, 0.6) is 0 Å². The Kier molecular flexibility index (Phi) is 3.34. The van der Waals surface area contributed by atoms with Crippen LogP contribution in [0.4, 0.5) is 0 Å². The van der Waals surface area contributed by atoms with Crippen LogP contribution in [0.1, 0.15) is 26.0 Å². The van der Waals surface area contributed by atoms with E-state index in [-0.39, 0.29) is 5.25 Å². The molecular formula is C7H12N2OS2. The maximum absolute atomic E-state index is 11.7. The van der Waals surface area contributed by atoms with Crippen LogP contribution in [0, 0.1) is 6.92 Å². The minimum Gasteiger partial charge on any atom is -0.253 e. The molecule has 2 atom stereocenters. The van der Waals surface area contributed by atoms with Crippen molar-refractivity contribution in [2.24, 2.45) is 0 Å². The number of hydrogen-bond acceptors (Lipinski definition) is 4. The Morgan fingerprint density at radius 2 is 2.33 bits per heavy atom. The molecule has 0 aromatic carbocycles. The molecule has 0 aliphatic rings. The monoisotopic (exact) mass is 204 g/mol. The van der Waals surface area contributed by atoms with Crippen molar-refractivity contribution in [3.63, 3.8) is 0 Å². The van der Waals surface area contributed by atoms with Crippen molar-refractivity contribution < 1.29 is 4.21 Å². The molecule has 68 valence electrons. The van der Waals surface area contributed by atoms with E-state index in [1.54, 1.807) is 0 Å². The van der Waals surface area contributed by atoms with Gasteiger partial charge in [-0.2, -0.15) is 0 Å². The van der Waals surface area contributed by atoms with Crippen LogP contribution < -0.4 is 0 Å². The van der Waals surface area contributed by atoms with Crippen LogP contribution >= 0.6 is 11.5 Å². The molecule has 3 nitrogen and oxygen atoms in total. The number of hydrogen-bond donors (Lipinski definition) is 0. The van der Waals surface area contributed by atoms with Gasteiger partial charge in [-0.1, -0.05) is 18.3 Å². The maximum Gasteiger partial charge on any atom is 0.135 e. The first-order chi connectivity index (χ1) is 5.66. The molecule has 0 amide bonds. The molecule has 0 aliphatic carbocycles. The molecule has 12 heavy (non-hydrogen) atoms. The fourth-order valence-electron chi connectivity index (χ4n) is 0.742. The van der Waals surface area contributed by atoms with E-state index < -0.39 is 10.8 Å². The van der Waals surface area contributed by atoms with Crippen LogP contribution in [-0.2, 0) is 10.8 Å². The quantitative estimate of drug-likeness (QED) is 0.753. The third-order valence-corrected chi connectivity index (χ3v) is 4.80. The lowest BCUT2D eigenvalue weighted by molar-refractivity contribution is 0.671. The molecule has 0 fully saturated rings. The third kappa shape index (κ3) is 1.90. The Hall–Kier alpha value is -0.290. The van der Waals surface area contributed by atoms with Gasteiger partial charge in [0.1, 0.15) is 4.21 Å². The molecule has 1 aromatic heterocycles. The van der Waals surface area contributed by atoms with Gasteiger partial charge < -0.3 is 0 Å². The minimum absolute atomic E-state index is 0.200. The maximum atomic E-state index is 11.7. The van der Waals surface area contributed by atoms with E-state index >= 15 is 0 Å². The van der Waals surface area contributed by atoms with Gasteiger partial charge in [-0.05, 0) is 24.9 Å². The first-order valence-electron chi connectivity index (χ1n) is 3.86. The molecule has 1 aromatic rings. The van der Waals surface area contributed by atoms with Gasteiger partial charge in [0.05, 0.1) is 16.5 Å². The number of nitrogens with zero attached hydrogens (tertiary/aromatic N) is 2. The summed E-state index contributed by atoms with van der Waals surface area (Å²) in [6.07, 6.45) is 0.921. The Balaban J connectivity index is 2.85. The molecule has 0 bridgehead atoms. The molecule has 1 rings (SSSR count). The average molecular weight is 204 g/mol. The second-order valence-corrected chi connectivity index (χ2v) is 5.48. The summed E-state index contributed by atoms with van der Waals surface area (Å²) < 4.78 is 16.3. The van der Waals surface area contributed by atoms with Crippen molar-refractivity contribution >= 4 is 22.3 Å². The summed E-state index contributed by atoms with van der Waals surface area (Å²) in [5, 5.41) is 4.03. The standard InChI is InChI=1S/C7H12N2OS2/c1-4-5(2)12(10)7-6(3)8-9-11-7/h5H,4H2,1-3H3. The Morgan fingerprint density at radius 1 is 1.67 bits per heavy atom. The van der Waals surface area contributed by atoms with E-state index in [9.17, 15) is 4.21 Å². The lowest BCUT2D eigenvalue weighted by Crippen LogP contribution is -2.08. The summed E-state index contributed by atoms with van der Waals surface area (Å²) in [5.74, 6) is 0. The average Bonchev–Trinajstić information content (AvgIpc) is 2.48. The molecule has 0 aliphatic heterocycles. The molecule has 0 saturated carbocycles. The van der Waals surface area contributed by atoms with Crippen molar-refractivity contribution in [3.05, 3.63) is 5.69 Å². The van der Waals surface area contributed by atoms with Crippen molar-refractivity contribution in [1.82, 2.24) is 9.59 Å². The molecular weight excluding hydrogens is 192 g/mol. The molecule has 0 N–H and O–H groups in total. The second-order valence-electron chi connectivity index (χ2n) is 2.66. The third-order valence-electron chi connectivity index (χ3n) is 1.73. The minimum atomic E-state index is -0.915. The predicted molar refractivity (Wildman–Crippen MR) is 50.8 cm³/mol. The van der Waals surface area contributed by atoms with Gasteiger partial charge in [0.15, 0.2) is 0 Å². The van der Waals surface area contributed by atoms with Crippen molar-refractivity contribution in [2.45, 2.75) is 36.7 Å². The van der Waals surface area contributed by atoms with E-state index in [1.165, 1.54) is 11.5 Å². The van der Waals surface area contributed by atoms with Gasteiger partial charge in [-0.3, -0.25) is 4.21 Å². The molecule has 0 spiro atoms. The molecule has 5 heteroatoms. The van der Waals surface area contributed by atoms with E-state index in [2.05, 4.69) is 9.59 Å². The van der Waals surface area contributed by atoms with Crippen molar-refractivity contribution in [3.8, 4) is 0 Å². The highest BCUT2D eigenvalue weighted by Crippen LogP contribution is 2.19. The Labute approximate surface area is 78.8 Å². The van der Waals surface area contributed by atoms with Crippen LogP contribution in [0.3, 0.4) is 0 Å². The summed E-state index contributed by atoms with van der Waals surface area (Å²) in [7, 11) is -0.915. The lowest BCUT2D eigenvalue weighted by Gasteiger charge is -2.05. The first-order valence-corrected chi connectivity index (χ1v) is 5.85. The van der Waals surface area contributed by atoms with Crippen molar-refractivity contribution in [1.29, 1.82) is 0 Å². The largest absolute Gasteiger partial charge is 0.253 e. The van der Waals surface area contributed by atoms with Gasteiger partial charge in [-0.25, -0.2) is 0 Å². The highest BCUT2D eigenvalue weighted by atomic mass is 32.2. The molecule has 0 saturated heterocycles. The smallest absolute Gasteiger partial charge is 0.135 e. The number of aryl methyl sites for hydroxylation is 1. The van der Waals surface area contributed by atoms with E-state index in [0.717, 1.165) is 16.3 Å². The van der Waals surface area contributed by atoms with E-state index in [1.807, 2.05) is 20.8 Å². The van der Waals surface area contributed by atoms with Gasteiger partial charge in [0, 0.05) is 5.25 Å². The topological polar surface area (TPSA) is 42.9 Å². The van der Waals surface area contributed by atoms with E-state index in [0.29, 0.717) is 0 Å². The predicted octanol–water partition coefficient (Wildman–Crippen LogP) is 1.75. The number of rotatable bonds is 3. The Bertz CT molecular complexity index is 285. The fraction of sp³-hybridized carbons (Fsp3) is 0.714. The van der Waals surface area contributed by atoms with Gasteiger partial charge in [-0.15, -0.1) is 5.10 Å². The lowest BCUT2D eigenvalue weighted by atomic mass is 10.4. The summed E-state index contributed by atoms with van der Waals surface area (Å²) >= 11 is 1.24. The zero-order chi connectivity index (χ0) is 9.14. The fourth-order valence-corrected chi connectivity index (χ4v) is 3.04. The van der Waals surface area contributed by atoms with Crippen LogP contribution in [0.2, 0.25) is 0 Å². The van der Waals surface area contributed by atoms with Crippen LogP contribution in [0.25, 0.3) is 0 Å². The Morgan fingerprint density at radius 3 is 2.75 bits per heavy atom. The summed E-state index contributed by atoms with van der Waals surface area (Å²) in [6, 6.07) is 0. The number of aromatic nitrogens is 2. The summed E-state index contributed by atoms with van der Waals surface area (Å²) in [6.45, 7) is 5.86. The molecule has 1 heterocycles. The summed E-state index contributed by atoms with van der Waals surface area (Å²) in [4.78, 5) is 0. The van der Waals surface area contributed by atoms with Crippen LogP contribution in [-0.4, -0.2) is 19.0 Å². The highest BCUT2D eigenvalue weighted by molar-refractivity contribution is 7.87. The SMILES string of the molecule is CCC(C)S(=O)c1snnc1C. The van der Waals surface area contributed by atoms with Gasteiger partial charge in [0.25, 0.3) is 0 Å². The van der Waals surface area contributed by atoms with Gasteiger partial charge in [0.2, 0.25) is 0 Å². The summed E-state index contributed by atoms with van der Waals surface area (Å²) in [5.41, 5.74) is 0.804. The van der Waals surface area contributed by atoms with Gasteiger partial charge >= 0.3 is 0 Å². The zero-order valence-electron chi connectivity index (χ0n) is 7.40. The zero-order valence-corrected chi connectivity index (χ0v) is 9.04. The highest BCUT2D eigenvalue weighted by Gasteiger charge is 2.16. The molecule has 2 unspecified atom stereocenters. The van der Waals surface area contributed by atoms with Crippen LogP contribution in [0.15, 0.2) is 4.21 Å².